The summed E-state index contributed by atoms with van der Waals surface area (Å²) in [5, 5.41) is 0. The number of ketones is 1. The third-order valence-corrected chi connectivity index (χ3v) is 1.89. The van der Waals surface area contributed by atoms with Crippen molar-refractivity contribution < 1.29 is 14.3 Å². The van der Waals surface area contributed by atoms with E-state index < -0.39 is 0 Å². The summed E-state index contributed by atoms with van der Waals surface area (Å²) in [6.45, 7) is 6.93. The summed E-state index contributed by atoms with van der Waals surface area (Å²) in [5.41, 5.74) is 0. The van der Waals surface area contributed by atoms with Gasteiger partial charge in [-0.2, -0.15) is 0 Å². The molecule has 0 radical (unpaired) electrons. The second-order valence-corrected chi connectivity index (χ2v) is 2.95. The van der Waals surface area contributed by atoms with Gasteiger partial charge in [-0.05, 0) is 13.8 Å². The molecule has 1 fully saturated rings. The molecule has 3 nitrogen and oxygen atoms in total. The van der Waals surface area contributed by atoms with E-state index in [0.717, 1.165) is 0 Å². The van der Waals surface area contributed by atoms with Crippen molar-refractivity contribution in [3.8, 4) is 0 Å². The average molecular weight is 170 g/mol. The fraction of sp³-hybridized carbons (Fsp3) is 0.667. The predicted octanol–water partition coefficient (Wildman–Crippen LogP) is 1.28. The molecule has 1 aliphatic rings. The van der Waals surface area contributed by atoms with E-state index in [2.05, 4.69) is 6.58 Å². The third-order valence-electron chi connectivity index (χ3n) is 1.89. The van der Waals surface area contributed by atoms with Crippen LogP contribution < -0.4 is 0 Å². The first-order valence-electron chi connectivity index (χ1n) is 4.07. The lowest BCUT2D eigenvalue weighted by molar-refractivity contribution is -0.219. The van der Waals surface area contributed by atoms with Gasteiger partial charge in [-0.3, -0.25) is 4.79 Å². The summed E-state index contributed by atoms with van der Waals surface area (Å²) >= 11 is 0. The lowest BCUT2D eigenvalue weighted by atomic mass is 10.1. The van der Waals surface area contributed by atoms with Crippen LogP contribution in [0.4, 0.5) is 0 Å². The van der Waals surface area contributed by atoms with Crippen molar-refractivity contribution in [1.29, 1.82) is 0 Å². The summed E-state index contributed by atoms with van der Waals surface area (Å²) in [7, 11) is 0. The Kier molecular flexibility index (Phi) is 3.00. The monoisotopic (exact) mass is 170 g/mol. The normalized spacial score (nSPS) is 36.0. The SMILES string of the molecule is C=C[C@@H]1C[C@H](C(C)=O)O[C@H](C)O1. The molecule has 0 aliphatic carbocycles. The van der Waals surface area contributed by atoms with Crippen molar-refractivity contribution in [2.45, 2.75) is 38.8 Å². The maximum Gasteiger partial charge on any atom is 0.158 e. The van der Waals surface area contributed by atoms with E-state index in [0.29, 0.717) is 6.42 Å². The fourth-order valence-electron chi connectivity index (χ4n) is 1.25. The molecule has 0 unspecified atom stereocenters. The van der Waals surface area contributed by atoms with Crippen LogP contribution in [0.25, 0.3) is 0 Å². The van der Waals surface area contributed by atoms with Crippen LogP contribution in [-0.4, -0.2) is 24.3 Å². The van der Waals surface area contributed by atoms with E-state index in [1.807, 2.05) is 0 Å². The summed E-state index contributed by atoms with van der Waals surface area (Å²) in [5.74, 6) is 0.0528. The standard InChI is InChI=1S/C9H14O3/c1-4-8-5-9(6(2)10)12-7(3)11-8/h4,7-9H,1,5H2,2-3H3/t7-,8-,9-/m1/s1. The first-order chi connectivity index (χ1) is 5.63. The van der Waals surface area contributed by atoms with Crippen molar-refractivity contribution in [2.75, 3.05) is 0 Å². The van der Waals surface area contributed by atoms with Gasteiger partial charge in [0.2, 0.25) is 0 Å². The minimum Gasteiger partial charge on any atom is -0.346 e. The van der Waals surface area contributed by atoms with Gasteiger partial charge in [-0.25, -0.2) is 0 Å². The quantitative estimate of drug-likeness (QED) is 0.586. The number of rotatable bonds is 2. The third kappa shape index (κ3) is 2.16. The fourth-order valence-corrected chi connectivity index (χ4v) is 1.25. The van der Waals surface area contributed by atoms with Crippen molar-refractivity contribution >= 4 is 5.78 Å². The van der Waals surface area contributed by atoms with Crippen molar-refractivity contribution in [3.63, 3.8) is 0 Å². The van der Waals surface area contributed by atoms with E-state index in [9.17, 15) is 4.79 Å². The zero-order valence-electron chi connectivity index (χ0n) is 7.45. The lowest BCUT2D eigenvalue weighted by Crippen LogP contribution is -2.39. The molecule has 1 heterocycles. The maximum atomic E-state index is 11.0. The zero-order valence-corrected chi connectivity index (χ0v) is 7.45. The van der Waals surface area contributed by atoms with E-state index >= 15 is 0 Å². The highest BCUT2D eigenvalue weighted by Crippen LogP contribution is 2.19. The molecule has 0 amide bonds. The molecule has 0 aromatic heterocycles. The first kappa shape index (κ1) is 9.42. The Hall–Kier alpha value is -0.670. The maximum absolute atomic E-state index is 11.0. The molecule has 0 spiro atoms. The molecule has 3 atom stereocenters. The highest BCUT2D eigenvalue weighted by atomic mass is 16.7. The van der Waals surface area contributed by atoms with Crippen LogP contribution in [0.1, 0.15) is 20.3 Å². The van der Waals surface area contributed by atoms with E-state index in [1.165, 1.54) is 6.92 Å². The molecule has 0 saturated carbocycles. The number of carbonyl (C=O) groups is 1. The number of carbonyl (C=O) groups excluding carboxylic acids is 1. The smallest absolute Gasteiger partial charge is 0.158 e. The zero-order chi connectivity index (χ0) is 9.14. The molecule has 3 heteroatoms. The van der Waals surface area contributed by atoms with Crippen molar-refractivity contribution in [3.05, 3.63) is 12.7 Å². The van der Waals surface area contributed by atoms with Crippen molar-refractivity contribution in [1.82, 2.24) is 0 Å². The second kappa shape index (κ2) is 3.83. The van der Waals surface area contributed by atoms with Crippen LogP contribution in [0.5, 0.6) is 0 Å². The van der Waals surface area contributed by atoms with Crippen LogP contribution in [0.15, 0.2) is 12.7 Å². The molecule has 1 saturated heterocycles. The van der Waals surface area contributed by atoms with Gasteiger partial charge in [0.15, 0.2) is 12.1 Å². The van der Waals surface area contributed by atoms with Crippen LogP contribution in [-0.2, 0) is 14.3 Å². The average Bonchev–Trinajstić information content (AvgIpc) is 2.03. The molecule has 0 aromatic carbocycles. The van der Waals surface area contributed by atoms with Crippen molar-refractivity contribution in [2.24, 2.45) is 0 Å². The number of Topliss-reactive ketones (excluding diaryl/α,β-unsaturated/α-hetero) is 1. The highest BCUT2D eigenvalue weighted by Gasteiger charge is 2.28. The Morgan fingerprint density at radius 3 is 2.75 bits per heavy atom. The Bertz CT molecular complexity index is 188. The summed E-state index contributed by atoms with van der Waals surface area (Å²) < 4.78 is 10.6. The molecule has 1 aliphatic heterocycles. The van der Waals surface area contributed by atoms with Gasteiger partial charge < -0.3 is 9.47 Å². The predicted molar refractivity (Wildman–Crippen MR) is 44.7 cm³/mol. The van der Waals surface area contributed by atoms with Gasteiger partial charge in [0.25, 0.3) is 0 Å². The topological polar surface area (TPSA) is 35.5 Å². The van der Waals surface area contributed by atoms with Gasteiger partial charge in [0.1, 0.15) is 6.10 Å². The summed E-state index contributed by atoms with van der Waals surface area (Å²) in [4.78, 5) is 11.0. The van der Waals surface area contributed by atoms with Gasteiger partial charge in [-0.15, -0.1) is 6.58 Å². The molecule has 68 valence electrons. The molecule has 0 N–H and O–H groups in total. The Labute approximate surface area is 72.4 Å². The molecule has 12 heavy (non-hydrogen) atoms. The Morgan fingerprint density at radius 1 is 1.58 bits per heavy atom. The number of hydrogen-bond acceptors (Lipinski definition) is 3. The van der Waals surface area contributed by atoms with Crippen LogP contribution in [0.2, 0.25) is 0 Å². The minimum atomic E-state index is -0.322. The number of hydrogen-bond donors (Lipinski definition) is 0. The molecule has 0 aromatic rings. The van der Waals surface area contributed by atoms with Crippen LogP contribution >= 0.6 is 0 Å². The van der Waals surface area contributed by atoms with Gasteiger partial charge >= 0.3 is 0 Å². The van der Waals surface area contributed by atoms with Crippen LogP contribution in [0.3, 0.4) is 0 Å². The largest absolute Gasteiger partial charge is 0.346 e. The Morgan fingerprint density at radius 2 is 2.25 bits per heavy atom. The molecule has 1 rings (SSSR count). The van der Waals surface area contributed by atoms with E-state index in [1.54, 1.807) is 13.0 Å². The van der Waals surface area contributed by atoms with Gasteiger partial charge in [0, 0.05) is 6.42 Å². The molecular formula is C9H14O3. The van der Waals surface area contributed by atoms with E-state index in [-0.39, 0.29) is 24.3 Å². The van der Waals surface area contributed by atoms with Gasteiger partial charge in [-0.1, -0.05) is 6.08 Å². The molecular weight excluding hydrogens is 156 g/mol. The van der Waals surface area contributed by atoms with Gasteiger partial charge in [0.05, 0.1) is 6.10 Å². The Balaban J connectivity index is 2.56. The first-order valence-corrected chi connectivity index (χ1v) is 4.07. The van der Waals surface area contributed by atoms with Crippen LogP contribution in [0, 0.1) is 0 Å². The van der Waals surface area contributed by atoms with E-state index in [4.69, 9.17) is 9.47 Å². The second-order valence-electron chi connectivity index (χ2n) is 2.95. The highest BCUT2D eigenvalue weighted by molar-refractivity contribution is 5.80. The number of ether oxygens (including phenoxy) is 2. The summed E-state index contributed by atoms with van der Waals surface area (Å²) in [6, 6.07) is 0. The lowest BCUT2D eigenvalue weighted by Gasteiger charge is -2.31. The molecule has 0 bridgehead atoms. The summed E-state index contributed by atoms with van der Waals surface area (Å²) in [6.07, 6.45) is 1.60. The minimum absolute atomic E-state index is 0.0528.